The molecular formula is C13H19NO4S. The predicted molar refractivity (Wildman–Crippen MR) is 72.5 cm³/mol. The van der Waals surface area contributed by atoms with Crippen molar-refractivity contribution in [2.75, 3.05) is 7.11 Å². The van der Waals surface area contributed by atoms with E-state index in [1.54, 1.807) is 26.0 Å². The van der Waals surface area contributed by atoms with Crippen molar-refractivity contribution in [3.63, 3.8) is 0 Å². The van der Waals surface area contributed by atoms with E-state index in [0.717, 1.165) is 0 Å². The molecule has 0 aliphatic rings. The molecule has 0 saturated heterocycles. The molecule has 106 valence electrons. The Morgan fingerprint density at radius 2 is 1.89 bits per heavy atom. The summed E-state index contributed by atoms with van der Waals surface area (Å²) in [5.41, 5.74) is -0.549. The second kappa shape index (κ2) is 5.71. The van der Waals surface area contributed by atoms with E-state index in [1.807, 2.05) is 6.92 Å². The molecule has 1 aromatic carbocycles. The maximum absolute atomic E-state index is 12.3. The molecule has 0 unspecified atom stereocenters. The molecule has 1 rings (SSSR count). The standard InChI is InChI=1S/C13H19NO4S/c1-5-13(2,3)14-19(16,17)11-9-7-6-8-10(11)12(15)18-4/h6-9,14H,5H2,1-4H3. The number of sulfonamides is 1. The Balaban J connectivity index is 3.26. The third kappa shape index (κ3) is 3.78. The number of ether oxygens (including phenoxy) is 1. The van der Waals surface area contributed by atoms with Crippen LogP contribution in [0.4, 0.5) is 0 Å². The first-order valence-corrected chi connectivity index (χ1v) is 7.43. The Bertz CT molecular complexity index is 564. The zero-order valence-corrected chi connectivity index (χ0v) is 12.4. The molecule has 0 bridgehead atoms. The SMILES string of the molecule is CCC(C)(C)NS(=O)(=O)c1ccccc1C(=O)OC. The number of esters is 1. The van der Waals surface area contributed by atoms with Gasteiger partial charge < -0.3 is 4.74 Å². The summed E-state index contributed by atoms with van der Waals surface area (Å²) in [5, 5.41) is 0. The van der Waals surface area contributed by atoms with Gasteiger partial charge in [0.25, 0.3) is 0 Å². The van der Waals surface area contributed by atoms with Crippen LogP contribution in [0.1, 0.15) is 37.6 Å². The van der Waals surface area contributed by atoms with Crippen LogP contribution in [0, 0.1) is 0 Å². The van der Waals surface area contributed by atoms with E-state index < -0.39 is 21.5 Å². The van der Waals surface area contributed by atoms with Gasteiger partial charge in [0.05, 0.1) is 17.6 Å². The van der Waals surface area contributed by atoms with E-state index in [2.05, 4.69) is 9.46 Å². The largest absolute Gasteiger partial charge is 0.465 e. The van der Waals surface area contributed by atoms with Crippen molar-refractivity contribution in [1.82, 2.24) is 4.72 Å². The average molecular weight is 285 g/mol. The zero-order chi connectivity index (χ0) is 14.7. The summed E-state index contributed by atoms with van der Waals surface area (Å²) in [6, 6.07) is 5.98. The third-order valence-electron chi connectivity index (χ3n) is 2.88. The van der Waals surface area contributed by atoms with E-state index in [0.29, 0.717) is 6.42 Å². The lowest BCUT2D eigenvalue weighted by Gasteiger charge is -2.24. The summed E-state index contributed by atoms with van der Waals surface area (Å²) < 4.78 is 31.8. The number of benzene rings is 1. The molecule has 0 heterocycles. The average Bonchev–Trinajstić information content (AvgIpc) is 2.36. The topological polar surface area (TPSA) is 72.5 Å². The molecule has 1 aromatic rings. The summed E-state index contributed by atoms with van der Waals surface area (Å²) in [5.74, 6) is -0.671. The molecule has 0 amide bonds. The van der Waals surface area contributed by atoms with Crippen LogP contribution in [0.25, 0.3) is 0 Å². The maximum Gasteiger partial charge on any atom is 0.339 e. The van der Waals surface area contributed by atoms with Crippen molar-refractivity contribution >= 4 is 16.0 Å². The molecule has 0 saturated carbocycles. The Labute approximate surface area is 114 Å². The zero-order valence-electron chi connectivity index (χ0n) is 11.6. The molecule has 0 radical (unpaired) electrons. The fourth-order valence-electron chi connectivity index (χ4n) is 1.47. The van der Waals surface area contributed by atoms with Crippen molar-refractivity contribution in [3.8, 4) is 0 Å². The minimum atomic E-state index is -3.77. The van der Waals surface area contributed by atoms with Gasteiger partial charge in [-0.2, -0.15) is 0 Å². The highest BCUT2D eigenvalue weighted by Crippen LogP contribution is 2.19. The van der Waals surface area contributed by atoms with Crippen LogP contribution in [0.5, 0.6) is 0 Å². The number of methoxy groups -OCH3 is 1. The molecule has 6 heteroatoms. The number of rotatable bonds is 5. The van der Waals surface area contributed by atoms with Gasteiger partial charge in [0.1, 0.15) is 0 Å². The van der Waals surface area contributed by atoms with Gasteiger partial charge in [0.2, 0.25) is 10.0 Å². The van der Waals surface area contributed by atoms with Crippen molar-refractivity contribution in [1.29, 1.82) is 0 Å². The van der Waals surface area contributed by atoms with Gasteiger partial charge >= 0.3 is 5.97 Å². The number of hydrogen-bond donors (Lipinski definition) is 1. The van der Waals surface area contributed by atoms with Crippen LogP contribution in [0.2, 0.25) is 0 Å². The monoisotopic (exact) mass is 285 g/mol. The van der Waals surface area contributed by atoms with Gasteiger partial charge in [-0.1, -0.05) is 19.1 Å². The van der Waals surface area contributed by atoms with Crippen LogP contribution in [-0.4, -0.2) is 27.0 Å². The molecule has 0 aliphatic heterocycles. The Hall–Kier alpha value is -1.40. The van der Waals surface area contributed by atoms with E-state index in [9.17, 15) is 13.2 Å². The van der Waals surface area contributed by atoms with Gasteiger partial charge in [0, 0.05) is 5.54 Å². The highest BCUT2D eigenvalue weighted by atomic mass is 32.2. The van der Waals surface area contributed by atoms with Gasteiger partial charge in [-0.15, -0.1) is 0 Å². The lowest BCUT2D eigenvalue weighted by atomic mass is 10.0. The fourth-order valence-corrected chi connectivity index (χ4v) is 3.15. The number of carbonyl (C=O) groups is 1. The van der Waals surface area contributed by atoms with Crippen LogP contribution in [0.3, 0.4) is 0 Å². The highest BCUT2D eigenvalue weighted by molar-refractivity contribution is 7.89. The van der Waals surface area contributed by atoms with E-state index in [-0.39, 0.29) is 10.5 Å². The third-order valence-corrected chi connectivity index (χ3v) is 4.63. The number of hydrogen-bond acceptors (Lipinski definition) is 4. The summed E-state index contributed by atoms with van der Waals surface area (Å²) >= 11 is 0. The number of carbonyl (C=O) groups excluding carboxylic acids is 1. The summed E-state index contributed by atoms with van der Waals surface area (Å²) in [7, 11) is -2.55. The first-order valence-electron chi connectivity index (χ1n) is 5.95. The van der Waals surface area contributed by atoms with Gasteiger partial charge in [-0.05, 0) is 32.4 Å². The summed E-state index contributed by atoms with van der Waals surface area (Å²) in [4.78, 5) is 11.5. The highest BCUT2D eigenvalue weighted by Gasteiger charge is 2.28. The van der Waals surface area contributed by atoms with E-state index >= 15 is 0 Å². The molecule has 1 N–H and O–H groups in total. The number of nitrogens with one attached hydrogen (secondary N) is 1. The second-order valence-corrected chi connectivity index (χ2v) is 6.48. The quantitative estimate of drug-likeness (QED) is 0.839. The maximum atomic E-state index is 12.3. The normalized spacial score (nSPS) is 12.2. The predicted octanol–water partition coefficient (Wildman–Crippen LogP) is 1.94. The Morgan fingerprint density at radius 1 is 1.32 bits per heavy atom. The van der Waals surface area contributed by atoms with Crippen LogP contribution in [-0.2, 0) is 14.8 Å². The molecule has 0 spiro atoms. The van der Waals surface area contributed by atoms with Crippen molar-refractivity contribution < 1.29 is 17.9 Å². The molecular weight excluding hydrogens is 266 g/mol. The van der Waals surface area contributed by atoms with E-state index in [4.69, 9.17) is 0 Å². The van der Waals surface area contributed by atoms with Crippen LogP contribution >= 0.6 is 0 Å². The molecule has 0 aromatic heterocycles. The lowest BCUT2D eigenvalue weighted by molar-refractivity contribution is 0.0596. The van der Waals surface area contributed by atoms with Gasteiger partial charge in [-0.25, -0.2) is 17.9 Å². The van der Waals surface area contributed by atoms with Crippen molar-refractivity contribution in [3.05, 3.63) is 29.8 Å². The van der Waals surface area contributed by atoms with Crippen molar-refractivity contribution in [2.45, 2.75) is 37.6 Å². The van der Waals surface area contributed by atoms with Crippen molar-refractivity contribution in [2.24, 2.45) is 0 Å². The summed E-state index contributed by atoms with van der Waals surface area (Å²) in [6.45, 7) is 5.45. The first kappa shape index (κ1) is 15.7. The van der Waals surface area contributed by atoms with E-state index in [1.165, 1.54) is 19.2 Å². The van der Waals surface area contributed by atoms with Crippen LogP contribution in [0.15, 0.2) is 29.2 Å². The summed E-state index contributed by atoms with van der Waals surface area (Å²) in [6.07, 6.45) is 0.632. The molecule has 0 fully saturated rings. The van der Waals surface area contributed by atoms with Crippen LogP contribution < -0.4 is 4.72 Å². The fraction of sp³-hybridized carbons (Fsp3) is 0.462. The molecule has 0 atom stereocenters. The Morgan fingerprint density at radius 3 is 2.42 bits per heavy atom. The minimum Gasteiger partial charge on any atom is -0.465 e. The van der Waals surface area contributed by atoms with Gasteiger partial charge in [0.15, 0.2) is 0 Å². The smallest absolute Gasteiger partial charge is 0.339 e. The van der Waals surface area contributed by atoms with Gasteiger partial charge in [-0.3, -0.25) is 0 Å². The molecule has 0 aliphatic carbocycles. The molecule has 19 heavy (non-hydrogen) atoms. The molecule has 5 nitrogen and oxygen atoms in total. The second-order valence-electron chi connectivity index (χ2n) is 4.83. The minimum absolute atomic E-state index is 0.0319. The first-order chi connectivity index (χ1) is 8.73. The Kier molecular flexibility index (Phi) is 4.70. The lowest BCUT2D eigenvalue weighted by Crippen LogP contribution is -2.43.